The van der Waals surface area contributed by atoms with E-state index in [9.17, 15) is 9.59 Å². The number of nitrogen functional groups attached to an aromatic ring is 1. The third-order valence-corrected chi connectivity index (χ3v) is 2.88. The normalized spacial score (nSPS) is 19.5. The van der Waals surface area contributed by atoms with Crippen LogP contribution in [0.1, 0.15) is 25.3 Å². The van der Waals surface area contributed by atoms with Crippen LogP contribution in [0.3, 0.4) is 0 Å². The van der Waals surface area contributed by atoms with Crippen LogP contribution in [0.4, 0.5) is 11.6 Å². The number of rotatable bonds is 3. The first-order chi connectivity index (χ1) is 8.61. The summed E-state index contributed by atoms with van der Waals surface area (Å²) in [6, 6.07) is -0.456. The Morgan fingerprint density at radius 1 is 1.50 bits per heavy atom. The molecular formula is C11H15N5O2. The van der Waals surface area contributed by atoms with Gasteiger partial charge < -0.3 is 11.1 Å². The zero-order valence-electron chi connectivity index (χ0n) is 10.1. The van der Waals surface area contributed by atoms with Crippen molar-refractivity contribution in [2.45, 2.75) is 32.2 Å². The minimum absolute atomic E-state index is 0.240. The molecule has 2 rings (SSSR count). The van der Waals surface area contributed by atoms with E-state index in [4.69, 9.17) is 5.73 Å². The number of hydrogen-bond donors (Lipinski definition) is 3. The van der Waals surface area contributed by atoms with Crippen LogP contribution in [0.25, 0.3) is 0 Å². The van der Waals surface area contributed by atoms with Crippen LogP contribution < -0.4 is 16.4 Å². The lowest BCUT2D eigenvalue weighted by Crippen LogP contribution is -2.47. The lowest BCUT2D eigenvalue weighted by molar-refractivity contribution is -0.133. The number of piperidine rings is 1. The Morgan fingerprint density at radius 3 is 2.94 bits per heavy atom. The van der Waals surface area contributed by atoms with Gasteiger partial charge in [0.1, 0.15) is 24.0 Å². The molecule has 0 spiro atoms. The van der Waals surface area contributed by atoms with Crippen molar-refractivity contribution in [2.24, 2.45) is 0 Å². The van der Waals surface area contributed by atoms with Crippen LogP contribution in [-0.2, 0) is 16.0 Å². The van der Waals surface area contributed by atoms with E-state index in [0.29, 0.717) is 30.9 Å². The lowest BCUT2D eigenvalue weighted by atomic mass is 10.1. The quantitative estimate of drug-likeness (QED) is 0.642. The summed E-state index contributed by atoms with van der Waals surface area (Å²) in [5.41, 5.74) is 6.53. The minimum atomic E-state index is -0.456. The number of aromatic nitrogens is 2. The van der Waals surface area contributed by atoms with Crippen molar-refractivity contribution < 1.29 is 9.59 Å². The molecule has 0 aromatic carbocycles. The molecule has 18 heavy (non-hydrogen) atoms. The van der Waals surface area contributed by atoms with Crippen LogP contribution in [0.2, 0.25) is 0 Å². The predicted molar refractivity (Wildman–Crippen MR) is 65.6 cm³/mol. The number of imide groups is 1. The summed E-state index contributed by atoms with van der Waals surface area (Å²) in [6.45, 7) is 1.94. The molecule has 0 radical (unpaired) electrons. The molecule has 7 heteroatoms. The fourth-order valence-electron chi connectivity index (χ4n) is 1.90. The monoisotopic (exact) mass is 249 g/mol. The van der Waals surface area contributed by atoms with Gasteiger partial charge >= 0.3 is 0 Å². The molecule has 1 atom stereocenters. The summed E-state index contributed by atoms with van der Waals surface area (Å²) in [6.07, 6.45) is 2.80. The van der Waals surface area contributed by atoms with Gasteiger partial charge in [-0.1, -0.05) is 6.92 Å². The first kappa shape index (κ1) is 12.3. The van der Waals surface area contributed by atoms with Crippen molar-refractivity contribution in [3.63, 3.8) is 0 Å². The van der Waals surface area contributed by atoms with Gasteiger partial charge in [0.25, 0.3) is 0 Å². The van der Waals surface area contributed by atoms with Gasteiger partial charge in [-0.05, 0) is 12.8 Å². The summed E-state index contributed by atoms with van der Waals surface area (Å²) >= 11 is 0. The maximum Gasteiger partial charge on any atom is 0.249 e. The van der Waals surface area contributed by atoms with Crippen molar-refractivity contribution in [2.75, 3.05) is 11.1 Å². The Kier molecular flexibility index (Phi) is 3.40. The third-order valence-electron chi connectivity index (χ3n) is 2.88. The van der Waals surface area contributed by atoms with Gasteiger partial charge in [-0.15, -0.1) is 0 Å². The van der Waals surface area contributed by atoms with Crippen molar-refractivity contribution in [1.29, 1.82) is 0 Å². The second kappa shape index (κ2) is 4.99. The van der Waals surface area contributed by atoms with Crippen LogP contribution in [0.15, 0.2) is 6.33 Å². The number of nitrogens with zero attached hydrogens (tertiary/aromatic N) is 2. The van der Waals surface area contributed by atoms with E-state index >= 15 is 0 Å². The van der Waals surface area contributed by atoms with Crippen LogP contribution in [0, 0.1) is 0 Å². The predicted octanol–water partition coefficient (Wildman–Crippen LogP) is -0.162. The SMILES string of the molecule is CCc1c(N)ncnc1NC1CCC(=O)NC1=O. The van der Waals surface area contributed by atoms with E-state index in [1.807, 2.05) is 6.92 Å². The standard InChI is InChI=1S/C11H15N5O2/c1-2-6-9(12)13-5-14-10(6)15-7-3-4-8(17)16-11(7)18/h5,7H,2-4H2,1H3,(H,16,17,18)(H3,12,13,14,15). The Morgan fingerprint density at radius 2 is 2.28 bits per heavy atom. The summed E-state index contributed by atoms with van der Waals surface area (Å²) in [7, 11) is 0. The summed E-state index contributed by atoms with van der Waals surface area (Å²) in [5, 5.41) is 5.30. The van der Waals surface area contributed by atoms with Crippen LogP contribution >= 0.6 is 0 Å². The van der Waals surface area contributed by atoms with Gasteiger partial charge in [-0.2, -0.15) is 0 Å². The first-order valence-corrected chi connectivity index (χ1v) is 5.81. The third kappa shape index (κ3) is 2.39. The molecule has 1 saturated heterocycles. The van der Waals surface area contributed by atoms with Gasteiger partial charge in [-0.25, -0.2) is 9.97 Å². The van der Waals surface area contributed by atoms with Crippen LogP contribution in [-0.4, -0.2) is 27.8 Å². The number of carbonyl (C=O) groups is 2. The zero-order valence-corrected chi connectivity index (χ0v) is 10.1. The molecule has 1 aromatic rings. The van der Waals surface area contributed by atoms with E-state index in [1.165, 1.54) is 6.33 Å². The summed E-state index contributed by atoms with van der Waals surface area (Å²) in [5.74, 6) is 0.392. The molecular weight excluding hydrogens is 234 g/mol. The molecule has 1 aliphatic heterocycles. The molecule has 2 heterocycles. The van der Waals surface area contributed by atoms with Gasteiger partial charge in [-0.3, -0.25) is 14.9 Å². The molecule has 96 valence electrons. The van der Waals surface area contributed by atoms with E-state index < -0.39 is 6.04 Å². The highest BCUT2D eigenvalue weighted by atomic mass is 16.2. The van der Waals surface area contributed by atoms with Crippen molar-refractivity contribution in [1.82, 2.24) is 15.3 Å². The Labute approximate surface area is 104 Å². The minimum Gasteiger partial charge on any atom is -0.383 e. The number of anilines is 2. The average Bonchev–Trinajstić information content (AvgIpc) is 2.33. The van der Waals surface area contributed by atoms with Gasteiger partial charge in [0.15, 0.2) is 0 Å². The van der Waals surface area contributed by atoms with Gasteiger partial charge in [0.2, 0.25) is 11.8 Å². The Balaban J connectivity index is 2.17. The fourth-order valence-corrected chi connectivity index (χ4v) is 1.90. The summed E-state index contributed by atoms with van der Waals surface area (Å²) in [4.78, 5) is 30.7. The highest BCUT2D eigenvalue weighted by Crippen LogP contribution is 2.20. The zero-order chi connectivity index (χ0) is 13.1. The smallest absolute Gasteiger partial charge is 0.249 e. The Hall–Kier alpha value is -2.18. The number of carbonyl (C=O) groups excluding carboxylic acids is 2. The molecule has 4 N–H and O–H groups in total. The molecule has 2 amide bonds. The van der Waals surface area contributed by atoms with E-state index in [0.717, 1.165) is 5.56 Å². The topological polar surface area (TPSA) is 110 Å². The maximum atomic E-state index is 11.6. The van der Waals surface area contributed by atoms with Crippen LogP contribution in [0.5, 0.6) is 0 Å². The second-order valence-electron chi connectivity index (χ2n) is 4.09. The molecule has 1 aromatic heterocycles. The molecule has 1 fully saturated rings. The molecule has 0 bridgehead atoms. The van der Waals surface area contributed by atoms with Gasteiger partial charge in [0, 0.05) is 12.0 Å². The molecule has 1 aliphatic rings. The fraction of sp³-hybridized carbons (Fsp3) is 0.455. The van der Waals surface area contributed by atoms with Gasteiger partial charge in [0.05, 0.1) is 0 Å². The molecule has 0 saturated carbocycles. The first-order valence-electron chi connectivity index (χ1n) is 5.81. The second-order valence-corrected chi connectivity index (χ2v) is 4.09. The molecule has 1 unspecified atom stereocenters. The lowest BCUT2D eigenvalue weighted by Gasteiger charge is -2.23. The highest BCUT2D eigenvalue weighted by molar-refractivity contribution is 6.01. The number of nitrogens with two attached hydrogens (primary N) is 1. The van der Waals surface area contributed by atoms with E-state index in [1.54, 1.807) is 0 Å². The number of amides is 2. The average molecular weight is 249 g/mol. The Bertz CT molecular complexity index is 488. The summed E-state index contributed by atoms with van der Waals surface area (Å²) < 4.78 is 0. The number of hydrogen-bond acceptors (Lipinski definition) is 6. The van der Waals surface area contributed by atoms with Crippen molar-refractivity contribution >= 4 is 23.5 Å². The van der Waals surface area contributed by atoms with E-state index in [-0.39, 0.29) is 11.8 Å². The van der Waals surface area contributed by atoms with Crippen molar-refractivity contribution in [3.8, 4) is 0 Å². The molecule has 7 nitrogen and oxygen atoms in total. The molecule has 0 aliphatic carbocycles. The maximum absolute atomic E-state index is 11.6. The van der Waals surface area contributed by atoms with Crippen molar-refractivity contribution in [3.05, 3.63) is 11.9 Å². The van der Waals surface area contributed by atoms with E-state index in [2.05, 4.69) is 20.6 Å². The highest BCUT2D eigenvalue weighted by Gasteiger charge is 2.27. The number of nitrogens with one attached hydrogen (secondary N) is 2. The largest absolute Gasteiger partial charge is 0.383 e.